The summed E-state index contributed by atoms with van der Waals surface area (Å²) in [6, 6.07) is 14.3. The number of rotatable bonds is 8. The number of carbonyl (C=O) groups is 1. The van der Waals surface area contributed by atoms with Gasteiger partial charge in [-0.3, -0.25) is 23.3 Å². The van der Waals surface area contributed by atoms with E-state index in [2.05, 4.69) is 31.4 Å². The van der Waals surface area contributed by atoms with Gasteiger partial charge in [0.05, 0.1) is 25.4 Å². The molecule has 0 fully saturated rings. The number of aryl methyl sites for hydroxylation is 1. The minimum Gasteiger partial charge on any atom is -0.507 e. The van der Waals surface area contributed by atoms with E-state index in [-0.39, 0.29) is 46.5 Å². The van der Waals surface area contributed by atoms with Crippen molar-refractivity contribution in [2.75, 3.05) is 7.11 Å². The maximum absolute atomic E-state index is 13.3. The van der Waals surface area contributed by atoms with Gasteiger partial charge in [-0.2, -0.15) is 10.1 Å². The number of fused-ring (bicyclic) bond motifs is 1. The molecule has 1 amide bonds. The van der Waals surface area contributed by atoms with E-state index in [1.807, 2.05) is 0 Å². The van der Waals surface area contributed by atoms with Gasteiger partial charge in [-0.15, -0.1) is 0 Å². The smallest absolute Gasteiger partial charge is 0.332 e. The highest BCUT2D eigenvalue weighted by Gasteiger charge is 2.22. The lowest BCUT2D eigenvalue weighted by Crippen LogP contribution is -2.37. The third-order valence-corrected chi connectivity index (χ3v) is 7.71. The number of benzene rings is 3. The van der Waals surface area contributed by atoms with Crippen molar-refractivity contribution in [2.45, 2.75) is 6.54 Å². The molecule has 0 aliphatic heterocycles. The average molecular weight is 702 g/mol. The van der Waals surface area contributed by atoms with E-state index >= 15 is 0 Å². The number of nitrogens with zero attached hydrogens (tertiary/aromatic N) is 5. The molecule has 5 rings (SSSR count). The second-order valence-corrected chi connectivity index (χ2v) is 11.2. The van der Waals surface area contributed by atoms with Gasteiger partial charge < -0.3 is 14.6 Å². The van der Waals surface area contributed by atoms with Gasteiger partial charge in [0, 0.05) is 28.6 Å². The van der Waals surface area contributed by atoms with Crippen molar-refractivity contribution in [3.63, 3.8) is 0 Å². The van der Waals surface area contributed by atoms with Crippen LogP contribution >= 0.6 is 39.1 Å². The Kier molecular flexibility index (Phi) is 8.81. The fourth-order valence-electron chi connectivity index (χ4n) is 4.33. The minimum absolute atomic E-state index is 0.00475. The summed E-state index contributed by atoms with van der Waals surface area (Å²) >= 11 is 15.8. The van der Waals surface area contributed by atoms with Crippen LogP contribution in [0.25, 0.3) is 11.2 Å². The van der Waals surface area contributed by atoms with E-state index in [9.17, 15) is 19.5 Å². The highest BCUT2D eigenvalue weighted by atomic mass is 79.9. The largest absolute Gasteiger partial charge is 0.507 e. The highest BCUT2D eigenvalue weighted by Crippen LogP contribution is 2.34. The van der Waals surface area contributed by atoms with Crippen LogP contribution < -0.4 is 26.1 Å². The van der Waals surface area contributed by atoms with Crippen LogP contribution in [-0.2, 0) is 20.6 Å². The molecule has 0 aliphatic rings. The highest BCUT2D eigenvalue weighted by molar-refractivity contribution is 9.10. The second-order valence-electron chi connectivity index (χ2n) is 9.47. The van der Waals surface area contributed by atoms with Crippen LogP contribution in [-0.4, -0.2) is 43.0 Å². The Morgan fingerprint density at radius 2 is 1.84 bits per heavy atom. The number of nitrogens with one attached hydrogen (secondary N) is 1. The Morgan fingerprint density at radius 3 is 2.57 bits per heavy atom. The van der Waals surface area contributed by atoms with E-state index in [0.717, 1.165) is 4.57 Å². The Balaban J connectivity index is 1.49. The third-order valence-electron chi connectivity index (χ3n) is 6.63. The Morgan fingerprint density at radius 1 is 1.07 bits per heavy atom. The summed E-state index contributed by atoms with van der Waals surface area (Å²) < 4.78 is 16.1. The molecule has 0 saturated carbocycles. The molecule has 15 heteroatoms. The van der Waals surface area contributed by atoms with Crippen LogP contribution in [0.2, 0.25) is 10.0 Å². The van der Waals surface area contributed by atoms with Crippen molar-refractivity contribution >= 4 is 62.4 Å². The molecule has 0 bridgehead atoms. The van der Waals surface area contributed by atoms with E-state index in [4.69, 9.17) is 32.7 Å². The first-order valence-corrected chi connectivity index (χ1v) is 14.3. The summed E-state index contributed by atoms with van der Waals surface area (Å²) in [5.74, 6) is -0.262. The number of ether oxygens (including phenoxy) is 2. The van der Waals surface area contributed by atoms with Crippen LogP contribution in [0.5, 0.6) is 23.3 Å². The van der Waals surface area contributed by atoms with Crippen LogP contribution in [0.15, 0.2) is 73.8 Å². The minimum atomic E-state index is -0.604. The van der Waals surface area contributed by atoms with Gasteiger partial charge in [-0.1, -0.05) is 45.2 Å². The quantitative estimate of drug-likeness (QED) is 0.175. The molecule has 0 atom stereocenters. The zero-order valence-electron chi connectivity index (χ0n) is 23.3. The SMILES string of the molecule is COc1cc(C=NNC(=O)c2cc(Br)ccc2O)ccc1Oc1nc2c(c(=O)n(C)c(=O)n2C)n1Cc1ccc(Cl)cc1Cl. The van der Waals surface area contributed by atoms with Crippen molar-refractivity contribution < 1.29 is 19.4 Å². The summed E-state index contributed by atoms with van der Waals surface area (Å²) in [4.78, 5) is 42.8. The third kappa shape index (κ3) is 6.07. The Labute approximate surface area is 267 Å². The van der Waals surface area contributed by atoms with Crippen molar-refractivity contribution in [1.29, 1.82) is 0 Å². The summed E-state index contributed by atoms with van der Waals surface area (Å²) in [6.07, 6.45) is 1.39. The zero-order valence-corrected chi connectivity index (χ0v) is 26.4. The maximum atomic E-state index is 13.3. The topological polar surface area (TPSA) is 142 Å². The molecule has 44 heavy (non-hydrogen) atoms. The molecule has 0 spiro atoms. The van der Waals surface area contributed by atoms with Crippen LogP contribution in [0, 0.1) is 0 Å². The van der Waals surface area contributed by atoms with Crippen molar-refractivity contribution in [1.82, 2.24) is 24.1 Å². The van der Waals surface area contributed by atoms with Crippen LogP contribution in [0.1, 0.15) is 21.5 Å². The number of halogens is 3. The molecule has 226 valence electrons. The molecule has 3 aromatic carbocycles. The lowest BCUT2D eigenvalue weighted by atomic mass is 10.2. The van der Waals surface area contributed by atoms with E-state index < -0.39 is 17.2 Å². The molecular weight excluding hydrogens is 679 g/mol. The number of hydrogen-bond acceptors (Lipinski definition) is 8. The number of carbonyl (C=O) groups excluding carboxylic acids is 1. The first-order valence-electron chi connectivity index (χ1n) is 12.8. The Bertz CT molecular complexity index is 2090. The standard InChI is InChI=1S/C29H23BrCl2N6O6/c1-36-25-24(27(41)37(2)29(36)42)38(14-16-5-7-18(31)12-20(16)32)28(34-25)44-22-9-4-15(10-23(22)43-3)13-33-35-26(40)19-11-17(30)6-8-21(19)39/h4-13,39H,14H2,1-3H3,(H,35,40). The van der Waals surface area contributed by atoms with Crippen molar-refractivity contribution in [2.24, 2.45) is 19.2 Å². The molecule has 0 unspecified atom stereocenters. The number of amides is 1. The predicted octanol–water partition coefficient (Wildman–Crippen LogP) is 4.82. The van der Waals surface area contributed by atoms with Crippen molar-refractivity contribution in [3.8, 4) is 23.3 Å². The number of imidazole rings is 1. The first-order chi connectivity index (χ1) is 21.0. The number of hydrogen-bond donors (Lipinski definition) is 2. The predicted molar refractivity (Wildman–Crippen MR) is 170 cm³/mol. The number of phenolic OH excluding ortho intramolecular Hbond substituents is 1. The van der Waals surface area contributed by atoms with Crippen LogP contribution in [0.3, 0.4) is 0 Å². The molecule has 0 saturated heterocycles. The van der Waals surface area contributed by atoms with Gasteiger partial charge in [-0.25, -0.2) is 10.2 Å². The lowest BCUT2D eigenvalue weighted by molar-refractivity contribution is 0.0952. The molecule has 12 nitrogen and oxygen atoms in total. The first kappa shape index (κ1) is 30.9. The maximum Gasteiger partial charge on any atom is 0.332 e. The fourth-order valence-corrected chi connectivity index (χ4v) is 5.16. The zero-order chi connectivity index (χ0) is 31.7. The number of hydrazone groups is 1. The van der Waals surface area contributed by atoms with E-state index in [1.54, 1.807) is 42.5 Å². The van der Waals surface area contributed by atoms with E-state index in [0.29, 0.717) is 25.6 Å². The molecule has 2 N–H and O–H groups in total. The molecule has 2 heterocycles. The van der Waals surface area contributed by atoms with Gasteiger partial charge in [0.2, 0.25) is 0 Å². The summed E-state index contributed by atoms with van der Waals surface area (Å²) in [5.41, 5.74) is 2.73. The summed E-state index contributed by atoms with van der Waals surface area (Å²) in [6.45, 7) is 0.0789. The summed E-state index contributed by atoms with van der Waals surface area (Å²) in [7, 11) is 4.33. The fraction of sp³-hybridized carbons (Fsp3) is 0.138. The monoisotopic (exact) mass is 700 g/mol. The number of aromatic nitrogens is 4. The van der Waals surface area contributed by atoms with Gasteiger partial charge in [0.25, 0.3) is 11.5 Å². The van der Waals surface area contributed by atoms with Crippen LogP contribution in [0.4, 0.5) is 0 Å². The molecule has 0 aliphatic carbocycles. The molecule has 5 aromatic rings. The summed E-state index contributed by atoms with van der Waals surface area (Å²) in [5, 5.41) is 14.7. The van der Waals surface area contributed by atoms with Gasteiger partial charge in [0.1, 0.15) is 5.75 Å². The number of methoxy groups -OCH3 is 1. The van der Waals surface area contributed by atoms with Gasteiger partial charge in [0.15, 0.2) is 22.7 Å². The van der Waals surface area contributed by atoms with E-state index in [1.165, 1.54) is 48.7 Å². The number of aromatic hydroxyl groups is 1. The molecule has 0 radical (unpaired) electrons. The second kappa shape index (κ2) is 12.6. The van der Waals surface area contributed by atoms with Gasteiger partial charge in [-0.05, 0) is 59.7 Å². The Hall–Kier alpha value is -4.59. The normalized spacial score (nSPS) is 11.3. The average Bonchev–Trinajstić information content (AvgIpc) is 3.35. The number of phenols is 1. The van der Waals surface area contributed by atoms with Gasteiger partial charge >= 0.3 is 11.7 Å². The van der Waals surface area contributed by atoms with Crippen molar-refractivity contribution in [3.05, 3.63) is 107 Å². The molecular formula is C29H23BrCl2N6O6. The molecule has 2 aromatic heterocycles. The lowest BCUT2D eigenvalue weighted by Gasteiger charge is -2.13.